The molecule has 3 aromatic rings. The zero-order valence-corrected chi connectivity index (χ0v) is 18.8. The van der Waals surface area contributed by atoms with Gasteiger partial charge in [-0.15, -0.1) is 0 Å². The first-order valence-electron chi connectivity index (χ1n) is 11.9. The Bertz CT molecular complexity index is 1190. The summed E-state index contributed by atoms with van der Waals surface area (Å²) in [7, 11) is 0. The fourth-order valence-electron chi connectivity index (χ4n) is 6.77. The van der Waals surface area contributed by atoms with Crippen LogP contribution in [0.15, 0.2) is 66.7 Å². The van der Waals surface area contributed by atoms with Gasteiger partial charge in [0, 0.05) is 16.9 Å². The van der Waals surface area contributed by atoms with Crippen molar-refractivity contribution in [1.29, 1.82) is 0 Å². The minimum absolute atomic E-state index is 0.0235. The van der Waals surface area contributed by atoms with E-state index in [9.17, 15) is 4.79 Å². The van der Waals surface area contributed by atoms with Crippen molar-refractivity contribution in [1.82, 2.24) is 0 Å². The number of hydrogen-bond acceptors (Lipinski definition) is 2. The number of nitrogens with one attached hydrogen (secondary N) is 2. The molecule has 2 saturated carbocycles. The van der Waals surface area contributed by atoms with Crippen molar-refractivity contribution >= 4 is 17.3 Å². The van der Waals surface area contributed by atoms with Crippen LogP contribution in [0.4, 0.5) is 11.4 Å². The molecule has 2 bridgehead atoms. The maximum Gasteiger partial charge on any atom is 0.255 e. The first-order valence-corrected chi connectivity index (χ1v) is 11.9. The summed E-state index contributed by atoms with van der Waals surface area (Å²) >= 11 is 0. The zero-order valence-electron chi connectivity index (χ0n) is 18.8. The minimum atomic E-state index is -0.0235. The zero-order chi connectivity index (χ0) is 21.8. The van der Waals surface area contributed by atoms with E-state index in [4.69, 9.17) is 0 Å². The largest absolute Gasteiger partial charge is 0.378 e. The molecule has 5 atom stereocenters. The molecule has 0 aromatic heterocycles. The van der Waals surface area contributed by atoms with E-state index in [1.165, 1.54) is 41.6 Å². The Hall–Kier alpha value is -3.07. The van der Waals surface area contributed by atoms with Crippen molar-refractivity contribution in [3.63, 3.8) is 0 Å². The van der Waals surface area contributed by atoms with Crippen molar-refractivity contribution in [2.45, 2.75) is 45.1 Å². The van der Waals surface area contributed by atoms with Crippen LogP contribution >= 0.6 is 0 Å². The van der Waals surface area contributed by atoms with Gasteiger partial charge in [0.25, 0.3) is 5.91 Å². The van der Waals surface area contributed by atoms with Gasteiger partial charge in [-0.05, 0) is 97.7 Å². The van der Waals surface area contributed by atoms with E-state index < -0.39 is 0 Å². The Morgan fingerprint density at radius 1 is 0.938 bits per heavy atom. The summed E-state index contributed by atoms with van der Waals surface area (Å²) in [6.45, 7) is 4.12. The van der Waals surface area contributed by atoms with E-state index in [0.717, 1.165) is 28.7 Å². The third kappa shape index (κ3) is 3.14. The summed E-state index contributed by atoms with van der Waals surface area (Å²) < 4.78 is 0. The van der Waals surface area contributed by atoms with Crippen LogP contribution in [0.5, 0.6) is 0 Å². The number of rotatable bonds is 3. The van der Waals surface area contributed by atoms with Gasteiger partial charge in [0.2, 0.25) is 0 Å². The number of aryl methyl sites for hydroxylation is 2. The van der Waals surface area contributed by atoms with Crippen LogP contribution in [0.3, 0.4) is 0 Å². The van der Waals surface area contributed by atoms with Gasteiger partial charge in [-0.2, -0.15) is 0 Å². The Morgan fingerprint density at radius 2 is 1.75 bits per heavy atom. The number of fused-ring (bicyclic) bond motifs is 7. The molecule has 3 aromatic carbocycles. The second kappa shape index (κ2) is 7.51. The van der Waals surface area contributed by atoms with Crippen molar-refractivity contribution in [3.05, 3.63) is 94.5 Å². The molecule has 32 heavy (non-hydrogen) atoms. The van der Waals surface area contributed by atoms with Crippen LogP contribution in [0.1, 0.15) is 63.8 Å². The molecule has 2 aliphatic carbocycles. The van der Waals surface area contributed by atoms with E-state index in [1.807, 2.05) is 25.1 Å². The number of carbonyl (C=O) groups is 1. The van der Waals surface area contributed by atoms with Crippen LogP contribution in [0.2, 0.25) is 0 Å². The Kier molecular flexibility index (Phi) is 4.60. The lowest BCUT2D eigenvalue weighted by molar-refractivity contribution is 0.102. The normalized spacial score (nSPS) is 27.4. The predicted octanol–water partition coefficient (Wildman–Crippen LogP) is 6.85. The van der Waals surface area contributed by atoms with Gasteiger partial charge in [-0.25, -0.2) is 0 Å². The van der Waals surface area contributed by atoms with Gasteiger partial charge in [0.05, 0.1) is 6.04 Å². The topological polar surface area (TPSA) is 41.1 Å². The third-order valence-electron chi connectivity index (χ3n) is 8.14. The smallest absolute Gasteiger partial charge is 0.255 e. The maximum atomic E-state index is 13.1. The number of anilines is 2. The molecule has 2 N–H and O–H groups in total. The molecule has 0 radical (unpaired) electrons. The minimum Gasteiger partial charge on any atom is -0.378 e. The van der Waals surface area contributed by atoms with Crippen LogP contribution < -0.4 is 10.6 Å². The molecule has 1 heterocycles. The number of amides is 1. The quantitative estimate of drug-likeness (QED) is 0.484. The van der Waals surface area contributed by atoms with Crippen LogP contribution in [0.25, 0.3) is 0 Å². The fraction of sp³-hybridized carbons (Fsp3) is 0.345. The lowest BCUT2D eigenvalue weighted by Gasteiger charge is -2.43. The number of benzene rings is 3. The maximum absolute atomic E-state index is 13.1. The SMILES string of the molecule is Cc1ccc(NC(=O)c2ccc3c(c2)[C@@H]2[C@H]4CC[C@@H](C4)[C@H]2[C@H](c2ccccc2)N3)c(C)c1. The highest BCUT2D eigenvalue weighted by atomic mass is 16.1. The Labute approximate surface area is 190 Å². The van der Waals surface area contributed by atoms with Crippen molar-refractivity contribution in [2.24, 2.45) is 17.8 Å². The average Bonchev–Trinajstić information content (AvgIpc) is 3.43. The standard InChI is InChI=1S/C29H30N2O/c1-17-8-12-24(18(2)14-17)31-29(32)22-11-13-25-23(16-22)26-20-9-10-21(15-20)27(26)28(30-25)19-6-4-3-5-7-19/h3-8,11-14,16,20-21,26-28,30H,9-10,15H2,1-2H3,(H,31,32)/t20-,21-,26-,27+,28-/m0/s1. The molecule has 1 amide bonds. The summed E-state index contributed by atoms with van der Waals surface area (Å²) in [5, 5.41) is 7.00. The molecular formula is C29H30N2O. The number of carbonyl (C=O) groups excluding carboxylic acids is 1. The van der Waals surface area contributed by atoms with E-state index in [2.05, 4.69) is 66.1 Å². The van der Waals surface area contributed by atoms with Crippen molar-refractivity contribution in [2.75, 3.05) is 10.6 Å². The van der Waals surface area contributed by atoms with Gasteiger partial charge >= 0.3 is 0 Å². The van der Waals surface area contributed by atoms with E-state index in [0.29, 0.717) is 17.9 Å². The first-order chi connectivity index (χ1) is 15.6. The summed E-state index contributed by atoms with van der Waals surface area (Å²) in [5.74, 6) is 2.66. The molecule has 3 heteroatoms. The molecule has 6 rings (SSSR count). The summed E-state index contributed by atoms with van der Waals surface area (Å²) in [6.07, 6.45) is 4.00. The monoisotopic (exact) mass is 422 g/mol. The van der Waals surface area contributed by atoms with Crippen LogP contribution in [0, 0.1) is 31.6 Å². The molecule has 0 unspecified atom stereocenters. The summed E-state index contributed by atoms with van der Waals surface area (Å²) in [5.41, 5.74) is 7.88. The number of hydrogen-bond donors (Lipinski definition) is 2. The van der Waals surface area contributed by atoms with Gasteiger partial charge < -0.3 is 10.6 Å². The summed E-state index contributed by atoms with van der Waals surface area (Å²) in [4.78, 5) is 13.1. The van der Waals surface area contributed by atoms with E-state index >= 15 is 0 Å². The molecule has 0 saturated heterocycles. The molecule has 3 aliphatic rings. The lowest BCUT2D eigenvalue weighted by atomic mass is 9.68. The van der Waals surface area contributed by atoms with E-state index in [1.54, 1.807) is 0 Å². The van der Waals surface area contributed by atoms with Crippen molar-refractivity contribution in [3.8, 4) is 0 Å². The van der Waals surface area contributed by atoms with Gasteiger partial charge in [-0.1, -0.05) is 48.0 Å². The molecular weight excluding hydrogens is 392 g/mol. The average molecular weight is 423 g/mol. The molecule has 3 nitrogen and oxygen atoms in total. The summed E-state index contributed by atoms with van der Waals surface area (Å²) in [6, 6.07) is 23.7. The fourth-order valence-corrected chi connectivity index (χ4v) is 6.77. The second-order valence-corrected chi connectivity index (χ2v) is 10.0. The van der Waals surface area contributed by atoms with Gasteiger partial charge in [0.15, 0.2) is 0 Å². The highest BCUT2D eigenvalue weighted by Gasteiger charge is 2.53. The van der Waals surface area contributed by atoms with E-state index in [-0.39, 0.29) is 5.91 Å². The molecule has 1 aliphatic heterocycles. The lowest BCUT2D eigenvalue weighted by Crippen LogP contribution is -2.35. The van der Waals surface area contributed by atoms with Crippen LogP contribution in [-0.4, -0.2) is 5.91 Å². The Balaban J connectivity index is 1.34. The van der Waals surface area contributed by atoms with Gasteiger partial charge in [0.1, 0.15) is 0 Å². The Morgan fingerprint density at radius 3 is 2.56 bits per heavy atom. The van der Waals surface area contributed by atoms with Crippen molar-refractivity contribution < 1.29 is 4.79 Å². The molecule has 162 valence electrons. The van der Waals surface area contributed by atoms with Gasteiger partial charge in [-0.3, -0.25) is 4.79 Å². The predicted molar refractivity (Wildman–Crippen MR) is 130 cm³/mol. The molecule has 0 spiro atoms. The highest BCUT2D eigenvalue weighted by molar-refractivity contribution is 6.05. The molecule has 2 fully saturated rings. The highest BCUT2D eigenvalue weighted by Crippen LogP contribution is 2.63. The second-order valence-electron chi connectivity index (χ2n) is 10.0. The van der Waals surface area contributed by atoms with Crippen LogP contribution in [-0.2, 0) is 0 Å². The third-order valence-corrected chi connectivity index (χ3v) is 8.14. The first kappa shape index (κ1) is 19.6.